The van der Waals surface area contributed by atoms with Crippen LogP contribution < -0.4 is 10.6 Å². The molecule has 1 saturated heterocycles. The first-order valence-corrected chi connectivity index (χ1v) is 7.66. The number of carbonyl (C=O) groups is 3. The lowest BCUT2D eigenvalue weighted by Crippen LogP contribution is -2.51. The quantitative estimate of drug-likeness (QED) is 0.865. The smallest absolute Gasteiger partial charge is 0.274 e. The number of carbonyl (C=O) groups excluding carboxylic acids is 3. The largest absolute Gasteiger partial charge is 0.357 e. The number of hydrogen-bond acceptors (Lipinski definition) is 5. The molecular weight excluding hydrogens is 292 g/mol. The van der Waals surface area contributed by atoms with Crippen molar-refractivity contribution < 1.29 is 14.4 Å². The molecule has 0 radical (unpaired) electrons. The van der Waals surface area contributed by atoms with Gasteiger partial charge in [0.25, 0.3) is 5.91 Å². The molecule has 7 nitrogen and oxygen atoms in total. The van der Waals surface area contributed by atoms with Gasteiger partial charge in [-0.25, -0.2) is 4.98 Å². The molecule has 2 rings (SSSR count). The van der Waals surface area contributed by atoms with Crippen LogP contribution in [0, 0.1) is 0 Å². The Bertz CT molecular complexity index is 557. The van der Waals surface area contributed by atoms with E-state index in [0.717, 1.165) is 12.8 Å². The van der Waals surface area contributed by atoms with Crippen LogP contribution in [0.5, 0.6) is 0 Å². The highest BCUT2D eigenvalue weighted by Gasteiger charge is 2.33. The number of likely N-dealkylation sites (N-methyl/N-ethyl adjacent to an activating group) is 1. The van der Waals surface area contributed by atoms with Crippen molar-refractivity contribution in [3.63, 3.8) is 0 Å². The van der Waals surface area contributed by atoms with E-state index in [1.54, 1.807) is 17.3 Å². The lowest BCUT2D eigenvalue weighted by Gasteiger charge is -2.33. The van der Waals surface area contributed by atoms with Crippen molar-refractivity contribution in [3.8, 4) is 0 Å². The molecule has 0 bridgehead atoms. The molecule has 2 heterocycles. The van der Waals surface area contributed by atoms with Crippen LogP contribution in [0.25, 0.3) is 0 Å². The fraction of sp³-hybridized carbons (Fsp3) is 0.538. The zero-order valence-corrected chi connectivity index (χ0v) is 12.8. The van der Waals surface area contributed by atoms with Gasteiger partial charge in [-0.2, -0.15) is 0 Å². The minimum Gasteiger partial charge on any atom is -0.357 e. The van der Waals surface area contributed by atoms with Gasteiger partial charge in [0.15, 0.2) is 5.13 Å². The molecule has 1 aromatic rings. The Balaban J connectivity index is 2.14. The van der Waals surface area contributed by atoms with Crippen molar-refractivity contribution >= 4 is 34.2 Å². The Morgan fingerprint density at radius 3 is 2.81 bits per heavy atom. The lowest BCUT2D eigenvalue weighted by atomic mass is 10.0. The summed E-state index contributed by atoms with van der Waals surface area (Å²) in [5, 5.41) is 7.13. The van der Waals surface area contributed by atoms with Crippen molar-refractivity contribution in [3.05, 3.63) is 11.1 Å². The van der Waals surface area contributed by atoms with E-state index in [0.29, 0.717) is 18.1 Å². The van der Waals surface area contributed by atoms with Crippen LogP contribution in [-0.2, 0) is 9.59 Å². The molecule has 1 fully saturated rings. The summed E-state index contributed by atoms with van der Waals surface area (Å²) in [5.74, 6) is -0.652. The van der Waals surface area contributed by atoms with E-state index in [1.807, 2.05) is 0 Å². The first-order chi connectivity index (χ1) is 10.0. The van der Waals surface area contributed by atoms with E-state index in [2.05, 4.69) is 15.6 Å². The van der Waals surface area contributed by atoms with Crippen LogP contribution in [0.3, 0.4) is 0 Å². The van der Waals surface area contributed by atoms with Gasteiger partial charge in [-0.1, -0.05) is 0 Å². The van der Waals surface area contributed by atoms with Gasteiger partial charge in [0, 0.05) is 25.9 Å². The highest BCUT2D eigenvalue weighted by Crippen LogP contribution is 2.22. The summed E-state index contributed by atoms with van der Waals surface area (Å²) in [6.07, 6.45) is 2.46. The van der Waals surface area contributed by atoms with Gasteiger partial charge >= 0.3 is 0 Å². The number of rotatable bonds is 3. The molecule has 0 unspecified atom stereocenters. The average molecular weight is 310 g/mol. The predicted molar refractivity (Wildman–Crippen MR) is 79.2 cm³/mol. The zero-order valence-electron chi connectivity index (χ0n) is 12.0. The summed E-state index contributed by atoms with van der Waals surface area (Å²) in [4.78, 5) is 41.0. The fourth-order valence-corrected chi connectivity index (χ4v) is 3.07. The monoisotopic (exact) mass is 310 g/mol. The van der Waals surface area contributed by atoms with Crippen molar-refractivity contribution in [2.75, 3.05) is 18.9 Å². The average Bonchev–Trinajstić information content (AvgIpc) is 2.93. The minimum atomic E-state index is -0.442. The van der Waals surface area contributed by atoms with Gasteiger partial charge in [-0.15, -0.1) is 11.3 Å². The Labute approximate surface area is 126 Å². The highest BCUT2D eigenvalue weighted by molar-refractivity contribution is 7.14. The standard InChI is InChI=1S/C13H18N4O3S/c1-8(18)15-13-16-9(7-21-13)12(20)17-6-4-3-5-10(17)11(19)14-2/h7,10H,3-6H2,1-2H3,(H,14,19)(H,15,16,18)/t10-/m0/s1. The number of amides is 3. The third-order valence-electron chi connectivity index (χ3n) is 3.32. The number of thiazole rings is 1. The van der Waals surface area contributed by atoms with Gasteiger partial charge in [-0.05, 0) is 19.3 Å². The summed E-state index contributed by atoms with van der Waals surface area (Å²) in [6, 6.07) is -0.442. The Morgan fingerprint density at radius 2 is 2.14 bits per heavy atom. The summed E-state index contributed by atoms with van der Waals surface area (Å²) in [5.41, 5.74) is 0.263. The van der Waals surface area contributed by atoms with Crippen LogP contribution in [-0.4, -0.2) is 47.2 Å². The topological polar surface area (TPSA) is 91.4 Å². The number of hydrogen-bond donors (Lipinski definition) is 2. The number of nitrogens with one attached hydrogen (secondary N) is 2. The summed E-state index contributed by atoms with van der Waals surface area (Å²) >= 11 is 1.19. The molecule has 114 valence electrons. The van der Waals surface area contributed by atoms with Crippen molar-refractivity contribution in [1.29, 1.82) is 0 Å². The van der Waals surface area contributed by atoms with Crippen LogP contribution in [0.15, 0.2) is 5.38 Å². The van der Waals surface area contributed by atoms with E-state index in [1.165, 1.54) is 18.3 Å². The van der Waals surface area contributed by atoms with Crippen molar-refractivity contribution in [2.45, 2.75) is 32.2 Å². The predicted octanol–water partition coefficient (Wildman–Crippen LogP) is 0.842. The van der Waals surface area contributed by atoms with E-state index < -0.39 is 6.04 Å². The van der Waals surface area contributed by atoms with Gasteiger partial charge in [0.05, 0.1) is 0 Å². The molecule has 0 saturated carbocycles. The third kappa shape index (κ3) is 3.57. The number of likely N-dealkylation sites (tertiary alicyclic amines) is 1. The van der Waals surface area contributed by atoms with Crippen LogP contribution >= 0.6 is 11.3 Å². The number of aromatic nitrogens is 1. The van der Waals surface area contributed by atoms with Gasteiger partial charge in [0.1, 0.15) is 11.7 Å². The fourth-order valence-electron chi connectivity index (χ4n) is 2.34. The van der Waals surface area contributed by atoms with Gasteiger partial charge in [-0.3, -0.25) is 14.4 Å². The van der Waals surface area contributed by atoms with Crippen molar-refractivity contribution in [1.82, 2.24) is 15.2 Å². The molecular formula is C13H18N4O3S. The molecule has 1 aliphatic heterocycles. The molecule has 21 heavy (non-hydrogen) atoms. The third-order valence-corrected chi connectivity index (χ3v) is 4.08. The van der Waals surface area contributed by atoms with Crippen LogP contribution in [0.1, 0.15) is 36.7 Å². The second kappa shape index (κ2) is 6.66. The molecule has 2 N–H and O–H groups in total. The lowest BCUT2D eigenvalue weighted by molar-refractivity contribution is -0.126. The molecule has 1 atom stereocenters. The molecule has 3 amide bonds. The van der Waals surface area contributed by atoms with Gasteiger partial charge in [0.2, 0.25) is 11.8 Å². The van der Waals surface area contributed by atoms with Crippen LogP contribution in [0.4, 0.5) is 5.13 Å². The maximum absolute atomic E-state index is 12.5. The van der Waals surface area contributed by atoms with E-state index in [4.69, 9.17) is 0 Å². The number of piperidine rings is 1. The number of anilines is 1. The molecule has 0 spiro atoms. The maximum Gasteiger partial charge on any atom is 0.274 e. The van der Waals surface area contributed by atoms with Crippen LogP contribution in [0.2, 0.25) is 0 Å². The molecule has 1 aromatic heterocycles. The normalized spacial score (nSPS) is 18.2. The first-order valence-electron chi connectivity index (χ1n) is 6.78. The van der Waals surface area contributed by atoms with Crippen molar-refractivity contribution in [2.24, 2.45) is 0 Å². The number of nitrogens with zero attached hydrogens (tertiary/aromatic N) is 2. The van der Waals surface area contributed by atoms with E-state index in [-0.39, 0.29) is 23.4 Å². The Morgan fingerprint density at radius 1 is 1.38 bits per heavy atom. The minimum absolute atomic E-state index is 0.152. The maximum atomic E-state index is 12.5. The second-order valence-electron chi connectivity index (χ2n) is 4.84. The highest BCUT2D eigenvalue weighted by atomic mass is 32.1. The summed E-state index contributed by atoms with van der Waals surface area (Å²) in [7, 11) is 1.57. The molecule has 1 aliphatic rings. The second-order valence-corrected chi connectivity index (χ2v) is 5.70. The molecule has 8 heteroatoms. The van der Waals surface area contributed by atoms with E-state index in [9.17, 15) is 14.4 Å². The Hall–Kier alpha value is -1.96. The SMILES string of the molecule is CNC(=O)[C@@H]1CCCCN1C(=O)c1csc(NC(C)=O)n1. The first kappa shape index (κ1) is 15.4. The van der Waals surface area contributed by atoms with E-state index >= 15 is 0 Å². The summed E-state index contributed by atoms with van der Waals surface area (Å²) < 4.78 is 0. The Kier molecular flexibility index (Phi) is 4.89. The van der Waals surface area contributed by atoms with Gasteiger partial charge < -0.3 is 15.5 Å². The molecule has 0 aliphatic carbocycles. The zero-order chi connectivity index (χ0) is 15.4. The molecule has 0 aromatic carbocycles. The summed E-state index contributed by atoms with van der Waals surface area (Å²) in [6.45, 7) is 1.93.